The van der Waals surface area contributed by atoms with E-state index >= 15 is 0 Å². The van der Waals surface area contributed by atoms with E-state index in [1.807, 2.05) is 6.07 Å². The topological polar surface area (TPSA) is 54.5 Å². The zero-order valence-corrected chi connectivity index (χ0v) is 8.98. The van der Waals surface area contributed by atoms with Crippen molar-refractivity contribution in [3.8, 4) is 10.7 Å². The molecule has 0 atom stereocenters. The summed E-state index contributed by atoms with van der Waals surface area (Å²) in [6.07, 6.45) is 3.55. The van der Waals surface area contributed by atoms with Gasteiger partial charge in [-0.25, -0.2) is 0 Å². The fourth-order valence-corrected chi connectivity index (χ4v) is 2.05. The molecule has 0 fully saturated rings. The van der Waals surface area contributed by atoms with Crippen molar-refractivity contribution in [2.45, 2.75) is 12.8 Å². The maximum Gasteiger partial charge on any atom is 0.165 e. The number of hydrogen-bond donors (Lipinski definition) is 1. The number of rotatable bonds is 4. The summed E-state index contributed by atoms with van der Waals surface area (Å²) in [5, 5.41) is 16.8. The molecule has 0 spiro atoms. The molecule has 1 N–H and O–H groups in total. The van der Waals surface area contributed by atoms with E-state index in [-0.39, 0.29) is 0 Å². The van der Waals surface area contributed by atoms with Crippen LogP contribution in [-0.4, -0.2) is 26.3 Å². The Morgan fingerprint density at radius 1 is 1.43 bits per heavy atom. The predicted octanol–water partition coefficient (Wildman–Crippen LogP) is 2.10. The van der Waals surface area contributed by atoms with Crippen LogP contribution in [0.4, 0.5) is 0 Å². The Balaban J connectivity index is 2.10. The highest BCUT2D eigenvalue weighted by atomic mass is 35.5. The molecule has 0 aliphatic carbocycles. The molecule has 0 bridgehead atoms. The molecule has 74 valence electrons. The first-order valence-corrected chi connectivity index (χ1v) is 5.63. The highest BCUT2D eigenvalue weighted by Crippen LogP contribution is 2.21. The zero-order chi connectivity index (χ0) is 9.80. The molecule has 0 radical (unpaired) electrons. The second-order valence-corrected chi connectivity index (χ2v) is 4.20. The minimum absolute atomic E-state index is 0.666. The van der Waals surface area contributed by atoms with E-state index in [2.05, 4.69) is 20.4 Å². The summed E-state index contributed by atoms with van der Waals surface area (Å²) < 4.78 is 0. The van der Waals surface area contributed by atoms with Crippen LogP contribution in [0, 0.1) is 0 Å². The van der Waals surface area contributed by atoms with E-state index in [0.29, 0.717) is 5.88 Å². The molecule has 2 aromatic rings. The zero-order valence-electron chi connectivity index (χ0n) is 7.40. The van der Waals surface area contributed by atoms with Crippen LogP contribution >= 0.6 is 22.9 Å². The molecule has 2 aromatic heterocycles. The van der Waals surface area contributed by atoms with Crippen molar-refractivity contribution in [1.82, 2.24) is 20.4 Å². The Morgan fingerprint density at radius 3 is 3.07 bits per heavy atom. The number of alkyl halides is 1. The van der Waals surface area contributed by atoms with Gasteiger partial charge < -0.3 is 0 Å². The first-order valence-electron chi connectivity index (χ1n) is 4.28. The van der Waals surface area contributed by atoms with Crippen molar-refractivity contribution >= 4 is 22.9 Å². The van der Waals surface area contributed by atoms with Gasteiger partial charge in [-0.3, -0.25) is 5.10 Å². The number of aromatic nitrogens is 4. The van der Waals surface area contributed by atoms with Gasteiger partial charge in [0, 0.05) is 18.5 Å². The minimum atomic E-state index is 0.666. The lowest BCUT2D eigenvalue weighted by molar-refractivity contribution is 0.883. The average Bonchev–Trinajstić information content (AvgIpc) is 2.85. The summed E-state index contributed by atoms with van der Waals surface area (Å²) in [6, 6.07) is 1.88. The van der Waals surface area contributed by atoms with Crippen LogP contribution < -0.4 is 0 Å². The van der Waals surface area contributed by atoms with E-state index in [9.17, 15) is 0 Å². The van der Waals surface area contributed by atoms with Gasteiger partial charge >= 0.3 is 0 Å². The van der Waals surface area contributed by atoms with Gasteiger partial charge in [-0.05, 0) is 12.5 Å². The lowest BCUT2D eigenvalue weighted by atomic mass is 10.4. The number of halogens is 1. The highest BCUT2D eigenvalue weighted by Gasteiger charge is 2.06. The Hall–Kier alpha value is -0.940. The Bertz CT molecular complexity index is 384. The molecule has 6 heteroatoms. The van der Waals surface area contributed by atoms with Crippen LogP contribution in [0.1, 0.15) is 11.4 Å². The quantitative estimate of drug-likeness (QED) is 0.816. The van der Waals surface area contributed by atoms with Crippen LogP contribution in [0.15, 0.2) is 12.3 Å². The van der Waals surface area contributed by atoms with Crippen LogP contribution in [0.2, 0.25) is 0 Å². The number of aromatic amines is 1. The number of nitrogens with zero attached hydrogens (tertiary/aromatic N) is 3. The normalized spacial score (nSPS) is 10.6. The van der Waals surface area contributed by atoms with Gasteiger partial charge in [0.1, 0.15) is 5.01 Å². The maximum absolute atomic E-state index is 5.60. The van der Waals surface area contributed by atoms with Gasteiger partial charge in [0.2, 0.25) is 0 Å². The lowest BCUT2D eigenvalue weighted by Gasteiger charge is -1.88. The van der Waals surface area contributed by atoms with Gasteiger partial charge in [0.05, 0.1) is 5.69 Å². The van der Waals surface area contributed by atoms with Crippen LogP contribution in [0.25, 0.3) is 10.7 Å². The fraction of sp³-hybridized carbons (Fsp3) is 0.375. The molecule has 2 rings (SSSR count). The van der Waals surface area contributed by atoms with Crippen molar-refractivity contribution in [2.24, 2.45) is 0 Å². The molecular formula is C8H9ClN4S. The Morgan fingerprint density at radius 2 is 2.36 bits per heavy atom. The predicted molar refractivity (Wildman–Crippen MR) is 56.5 cm³/mol. The van der Waals surface area contributed by atoms with Gasteiger partial charge in [0.25, 0.3) is 0 Å². The maximum atomic E-state index is 5.60. The van der Waals surface area contributed by atoms with Gasteiger partial charge in [-0.2, -0.15) is 5.10 Å². The molecule has 0 aliphatic rings. The molecule has 4 nitrogen and oxygen atoms in total. The molecule has 0 saturated carbocycles. The average molecular weight is 229 g/mol. The van der Waals surface area contributed by atoms with E-state index < -0.39 is 0 Å². The van der Waals surface area contributed by atoms with E-state index in [1.165, 1.54) is 0 Å². The third kappa shape index (κ3) is 2.10. The van der Waals surface area contributed by atoms with Crippen LogP contribution in [0.5, 0.6) is 0 Å². The van der Waals surface area contributed by atoms with Crippen LogP contribution in [0.3, 0.4) is 0 Å². The number of H-pyrrole nitrogens is 1. The monoisotopic (exact) mass is 228 g/mol. The molecule has 0 amide bonds. The highest BCUT2D eigenvalue weighted by molar-refractivity contribution is 7.14. The molecular weight excluding hydrogens is 220 g/mol. The summed E-state index contributed by atoms with van der Waals surface area (Å²) in [4.78, 5) is 0. The molecule has 0 aliphatic heterocycles. The molecule has 0 aromatic carbocycles. The number of aryl methyl sites for hydroxylation is 1. The van der Waals surface area contributed by atoms with Crippen molar-refractivity contribution in [2.75, 3.05) is 5.88 Å². The first kappa shape index (κ1) is 9.61. The molecule has 14 heavy (non-hydrogen) atoms. The van der Waals surface area contributed by atoms with Crippen molar-refractivity contribution in [3.63, 3.8) is 0 Å². The Kier molecular flexibility index (Phi) is 3.10. The second kappa shape index (κ2) is 4.52. The minimum Gasteiger partial charge on any atom is -0.275 e. The lowest BCUT2D eigenvalue weighted by Crippen LogP contribution is -1.84. The van der Waals surface area contributed by atoms with Gasteiger partial charge in [0.15, 0.2) is 5.01 Å². The largest absolute Gasteiger partial charge is 0.275 e. The molecule has 0 saturated heterocycles. The summed E-state index contributed by atoms with van der Waals surface area (Å²) in [6.45, 7) is 0. The standard InChI is InChI=1S/C8H9ClN4S/c9-4-1-2-7-12-13-8(14-7)6-3-5-10-11-6/h3,5H,1-2,4H2,(H,10,11). The smallest absolute Gasteiger partial charge is 0.165 e. The van der Waals surface area contributed by atoms with E-state index in [1.54, 1.807) is 17.5 Å². The van der Waals surface area contributed by atoms with Crippen molar-refractivity contribution in [3.05, 3.63) is 17.3 Å². The van der Waals surface area contributed by atoms with Crippen molar-refractivity contribution in [1.29, 1.82) is 0 Å². The van der Waals surface area contributed by atoms with Gasteiger partial charge in [-0.1, -0.05) is 11.3 Å². The van der Waals surface area contributed by atoms with Crippen LogP contribution in [-0.2, 0) is 6.42 Å². The molecule has 0 unspecified atom stereocenters. The molecule has 2 heterocycles. The fourth-order valence-electron chi connectivity index (χ4n) is 1.06. The summed E-state index contributed by atoms with van der Waals surface area (Å²) in [7, 11) is 0. The van der Waals surface area contributed by atoms with E-state index in [0.717, 1.165) is 28.6 Å². The second-order valence-electron chi connectivity index (χ2n) is 2.76. The Labute approximate surface area is 90.3 Å². The SMILES string of the molecule is ClCCCc1nnc(-c2ccn[nH]2)s1. The number of nitrogens with one attached hydrogen (secondary N) is 1. The summed E-state index contributed by atoms with van der Waals surface area (Å²) in [5.74, 6) is 0.666. The van der Waals surface area contributed by atoms with Gasteiger partial charge in [-0.15, -0.1) is 21.8 Å². The third-order valence-corrected chi connectivity index (χ3v) is 3.01. The first-order chi connectivity index (χ1) is 6.90. The number of hydrogen-bond acceptors (Lipinski definition) is 4. The van der Waals surface area contributed by atoms with E-state index in [4.69, 9.17) is 11.6 Å². The van der Waals surface area contributed by atoms with Crippen molar-refractivity contribution < 1.29 is 0 Å². The third-order valence-electron chi connectivity index (χ3n) is 1.72. The summed E-state index contributed by atoms with van der Waals surface area (Å²) >= 11 is 7.18. The summed E-state index contributed by atoms with van der Waals surface area (Å²) in [5.41, 5.74) is 0.916.